The van der Waals surface area contributed by atoms with E-state index < -0.39 is 0 Å². The third-order valence-electron chi connectivity index (χ3n) is 4.08. The van der Waals surface area contributed by atoms with Gasteiger partial charge in [-0.1, -0.05) is 41.1 Å². The van der Waals surface area contributed by atoms with Crippen LogP contribution in [0.25, 0.3) is 0 Å². The highest BCUT2D eigenvalue weighted by Crippen LogP contribution is 2.28. The summed E-state index contributed by atoms with van der Waals surface area (Å²) in [5, 5.41) is 6.55. The molecule has 23 heavy (non-hydrogen) atoms. The van der Waals surface area contributed by atoms with Gasteiger partial charge in [0.1, 0.15) is 0 Å². The molecule has 2 atom stereocenters. The van der Waals surface area contributed by atoms with E-state index in [0.717, 1.165) is 16.0 Å². The highest BCUT2D eigenvalue weighted by atomic mass is 79.9. The molecule has 1 aromatic carbocycles. The van der Waals surface area contributed by atoms with E-state index in [9.17, 15) is 4.79 Å². The number of carbonyl (C=O) groups excluding carboxylic acids is 1. The fourth-order valence-corrected chi connectivity index (χ4v) is 2.75. The number of amides is 1. The van der Waals surface area contributed by atoms with Crippen molar-refractivity contribution in [2.24, 2.45) is 10.9 Å². The summed E-state index contributed by atoms with van der Waals surface area (Å²) in [5.74, 6) is 1.61. The number of benzene rings is 1. The minimum absolute atomic E-state index is 0.114. The molecule has 2 unspecified atom stereocenters. The molecule has 1 aliphatic rings. The van der Waals surface area contributed by atoms with Gasteiger partial charge in [0.05, 0.1) is 0 Å². The minimum atomic E-state index is 0.114. The van der Waals surface area contributed by atoms with Gasteiger partial charge in [0.25, 0.3) is 0 Å². The largest absolute Gasteiger partial charge is 0.356 e. The van der Waals surface area contributed by atoms with E-state index in [1.165, 1.54) is 6.42 Å². The Morgan fingerprint density at radius 2 is 2.13 bits per heavy atom. The third kappa shape index (κ3) is 5.53. The first kappa shape index (κ1) is 17.8. The molecule has 1 fully saturated rings. The Labute approximate surface area is 146 Å². The van der Waals surface area contributed by atoms with Gasteiger partial charge in [-0.15, -0.1) is 0 Å². The number of nitrogens with one attached hydrogen (secondary N) is 2. The van der Waals surface area contributed by atoms with Gasteiger partial charge in [0, 0.05) is 44.1 Å². The monoisotopic (exact) mass is 380 g/mol. The zero-order chi connectivity index (χ0) is 16.8. The van der Waals surface area contributed by atoms with Crippen LogP contribution in [-0.4, -0.2) is 43.4 Å². The Bertz CT molecular complexity index is 575. The number of halogens is 1. The molecule has 1 aromatic rings. The molecule has 0 aliphatic heterocycles. The molecular weight excluding hydrogens is 356 g/mol. The van der Waals surface area contributed by atoms with E-state index in [2.05, 4.69) is 38.5 Å². The topological polar surface area (TPSA) is 56.7 Å². The molecule has 1 aliphatic carbocycles. The van der Waals surface area contributed by atoms with Crippen LogP contribution >= 0.6 is 15.9 Å². The van der Waals surface area contributed by atoms with Crippen molar-refractivity contribution >= 4 is 27.8 Å². The van der Waals surface area contributed by atoms with Crippen molar-refractivity contribution < 1.29 is 4.79 Å². The molecule has 0 spiro atoms. The molecule has 2 N–H and O–H groups in total. The lowest BCUT2D eigenvalue weighted by Crippen LogP contribution is -2.40. The van der Waals surface area contributed by atoms with E-state index in [4.69, 9.17) is 0 Å². The molecule has 0 saturated heterocycles. The van der Waals surface area contributed by atoms with Crippen LogP contribution in [-0.2, 0) is 11.3 Å². The first-order valence-corrected chi connectivity index (χ1v) is 8.75. The number of carbonyl (C=O) groups is 1. The number of hydrogen-bond donors (Lipinski definition) is 2. The van der Waals surface area contributed by atoms with Crippen molar-refractivity contribution in [3.05, 3.63) is 34.3 Å². The fourth-order valence-electron chi connectivity index (χ4n) is 2.34. The normalized spacial score (nSPS) is 20.1. The van der Waals surface area contributed by atoms with Gasteiger partial charge in [-0.05, 0) is 24.0 Å². The number of aliphatic imine (C=N–C) groups is 1. The molecule has 1 amide bonds. The Kier molecular flexibility index (Phi) is 6.45. The van der Waals surface area contributed by atoms with Crippen molar-refractivity contribution in [1.82, 2.24) is 15.5 Å². The second kappa shape index (κ2) is 8.34. The molecule has 5 nitrogen and oxygen atoms in total. The smallest absolute Gasteiger partial charge is 0.224 e. The molecule has 6 heteroatoms. The lowest BCUT2D eigenvalue weighted by Gasteiger charge is -2.19. The summed E-state index contributed by atoms with van der Waals surface area (Å²) in [6, 6.07) is 8.49. The Morgan fingerprint density at radius 3 is 2.74 bits per heavy atom. The standard InChI is InChI=1S/C17H25BrN4O/c1-12-10-15(12)21-17(19-2)20-9-8-16(23)22(3)11-13-6-4-5-7-14(13)18/h4-7,12,15H,8-11H2,1-3H3,(H2,19,20,21). The summed E-state index contributed by atoms with van der Waals surface area (Å²) >= 11 is 3.51. The van der Waals surface area contributed by atoms with Gasteiger partial charge < -0.3 is 15.5 Å². The fraction of sp³-hybridized carbons (Fsp3) is 0.529. The van der Waals surface area contributed by atoms with Gasteiger partial charge in [0.15, 0.2) is 5.96 Å². The molecule has 0 aromatic heterocycles. The van der Waals surface area contributed by atoms with Gasteiger partial charge in [-0.25, -0.2) is 0 Å². The lowest BCUT2D eigenvalue weighted by atomic mass is 10.2. The Hall–Kier alpha value is -1.56. The van der Waals surface area contributed by atoms with Crippen LogP contribution in [0.15, 0.2) is 33.7 Å². The maximum atomic E-state index is 12.2. The summed E-state index contributed by atoms with van der Waals surface area (Å²) in [7, 11) is 3.59. The first-order valence-electron chi connectivity index (χ1n) is 7.95. The zero-order valence-corrected chi connectivity index (χ0v) is 15.6. The maximum Gasteiger partial charge on any atom is 0.224 e. The van der Waals surface area contributed by atoms with Crippen molar-refractivity contribution in [2.45, 2.75) is 32.4 Å². The Balaban J connectivity index is 1.72. The molecule has 2 rings (SSSR count). The van der Waals surface area contributed by atoms with Crippen molar-refractivity contribution in [3.63, 3.8) is 0 Å². The van der Waals surface area contributed by atoms with Gasteiger partial charge in [0.2, 0.25) is 5.91 Å². The second-order valence-corrected chi connectivity index (χ2v) is 6.91. The molecule has 0 bridgehead atoms. The van der Waals surface area contributed by atoms with Gasteiger partial charge >= 0.3 is 0 Å². The molecular formula is C17H25BrN4O. The molecule has 1 saturated carbocycles. The van der Waals surface area contributed by atoms with E-state index >= 15 is 0 Å². The van der Waals surface area contributed by atoms with E-state index in [1.54, 1.807) is 11.9 Å². The average Bonchev–Trinajstić information content (AvgIpc) is 3.23. The van der Waals surface area contributed by atoms with Crippen molar-refractivity contribution in [1.29, 1.82) is 0 Å². The highest BCUT2D eigenvalue weighted by Gasteiger charge is 2.33. The number of hydrogen-bond acceptors (Lipinski definition) is 2. The summed E-state index contributed by atoms with van der Waals surface area (Å²) in [4.78, 5) is 18.2. The summed E-state index contributed by atoms with van der Waals surface area (Å²) in [5.41, 5.74) is 1.11. The maximum absolute atomic E-state index is 12.2. The zero-order valence-electron chi connectivity index (χ0n) is 14.0. The van der Waals surface area contributed by atoms with Gasteiger partial charge in [-0.3, -0.25) is 9.79 Å². The number of rotatable bonds is 6. The van der Waals surface area contributed by atoms with Crippen LogP contribution in [0.2, 0.25) is 0 Å². The summed E-state index contributed by atoms with van der Waals surface area (Å²) in [6.45, 7) is 3.40. The third-order valence-corrected chi connectivity index (χ3v) is 4.85. The SMILES string of the molecule is CN=C(NCCC(=O)N(C)Cc1ccccc1Br)NC1CC1C. The summed E-state index contributed by atoms with van der Waals surface area (Å²) in [6.07, 6.45) is 1.64. The molecule has 0 radical (unpaired) electrons. The van der Waals surface area contributed by atoms with Crippen LogP contribution in [0.5, 0.6) is 0 Å². The van der Waals surface area contributed by atoms with E-state index in [-0.39, 0.29) is 5.91 Å². The van der Waals surface area contributed by atoms with Crippen LogP contribution in [0.4, 0.5) is 0 Å². The van der Waals surface area contributed by atoms with Crippen molar-refractivity contribution in [3.8, 4) is 0 Å². The predicted molar refractivity (Wildman–Crippen MR) is 97.3 cm³/mol. The lowest BCUT2D eigenvalue weighted by molar-refractivity contribution is -0.130. The van der Waals surface area contributed by atoms with Crippen LogP contribution in [0, 0.1) is 5.92 Å². The first-order chi connectivity index (χ1) is 11.0. The number of nitrogens with zero attached hydrogens (tertiary/aromatic N) is 2. The van der Waals surface area contributed by atoms with E-state index in [0.29, 0.717) is 31.5 Å². The minimum Gasteiger partial charge on any atom is -0.356 e. The van der Waals surface area contributed by atoms with Crippen LogP contribution in [0.3, 0.4) is 0 Å². The summed E-state index contributed by atoms with van der Waals surface area (Å²) < 4.78 is 1.03. The highest BCUT2D eigenvalue weighted by molar-refractivity contribution is 9.10. The van der Waals surface area contributed by atoms with Gasteiger partial charge in [-0.2, -0.15) is 0 Å². The predicted octanol–water partition coefficient (Wildman–Crippen LogP) is 2.37. The van der Waals surface area contributed by atoms with Crippen molar-refractivity contribution in [2.75, 3.05) is 20.6 Å². The van der Waals surface area contributed by atoms with Crippen LogP contribution < -0.4 is 10.6 Å². The van der Waals surface area contributed by atoms with E-state index in [1.807, 2.05) is 31.3 Å². The number of guanidine groups is 1. The average molecular weight is 381 g/mol. The Morgan fingerprint density at radius 1 is 1.43 bits per heavy atom. The second-order valence-electron chi connectivity index (χ2n) is 6.05. The quantitative estimate of drug-likeness (QED) is 0.588. The molecule has 126 valence electrons. The molecule has 0 heterocycles. The van der Waals surface area contributed by atoms with Crippen LogP contribution in [0.1, 0.15) is 25.3 Å².